The molecule has 0 bridgehead atoms. The molecule has 0 unspecified atom stereocenters. The van der Waals surface area contributed by atoms with Crippen LogP contribution in [0.1, 0.15) is 31.2 Å². The van der Waals surface area contributed by atoms with Gasteiger partial charge < -0.3 is 53.9 Å². The van der Waals surface area contributed by atoms with Gasteiger partial charge in [-0.05, 0) is 36.6 Å². The van der Waals surface area contributed by atoms with Crippen LogP contribution in [0.2, 0.25) is 0 Å². The fourth-order valence-electron chi connectivity index (χ4n) is 6.51. The second-order valence-electron chi connectivity index (χ2n) is 13.6. The van der Waals surface area contributed by atoms with Gasteiger partial charge in [-0.25, -0.2) is 24.4 Å². The molecule has 3 amide bonds. The number of aliphatic hydroxyl groups excluding tert-OH is 2. The number of nitrogens with zero attached hydrogens (tertiary/aromatic N) is 8. The standard InChI is InChI=1S/C37H46N8O11/c1-22(24-7-6-13-44(19-24)29(47)10-12-38)43(4)33-25-11-14-45(34(25)40-21-39-33)36(51)41(2)15-16-42(3)37(52)54-20-23-8-9-27(28(17-23)53-5)55-30-18-26(46)31(48)32(56-30)35(49)50/h8-9,11,14,17,21,24,26,30-32,46,48H,1,6-7,10,13,15-16,18-20H2,2-5H3,(H,49,50)/t24-,26-,30-,31+,32+/m1/s1. The lowest BCUT2D eigenvalue weighted by Crippen LogP contribution is -2.53. The van der Waals surface area contributed by atoms with Gasteiger partial charge in [0.2, 0.25) is 12.2 Å². The van der Waals surface area contributed by atoms with Crippen molar-refractivity contribution < 1.29 is 53.4 Å². The number of aliphatic carboxylic acids is 1. The Morgan fingerprint density at radius 1 is 1.09 bits per heavy atom. The van der Waals surface area contributed by atoms with Crippen LogP contribution < -0.4 is 14.4 Å². The molecule has 2 aliphatic rings. The van der Waals surface area contributed by atoms with Gasteiger partial charge in [-0.1, -0.05) is 12.6 Å². The van der Waals surface area contributed by atoms with Crippen LogP contribution in [0.15, 0.2) is 49.1 Å². The highest BCUT2D eigenvalue weighted by atomic mass is 16.7. The number of anilines is 1. The average molecular weight is 779 g/mol. The summed E-state index contributed by atoms with van der Waals surface area (Å²) in [5.74, 6) is -0.717. The van der Waals surface area contributed by atoms with E-state index in [1.165, 1.54) is 40.9 Å². The number of rotatable bonds is 13. The minimum Gasteiger partial charge on any atom is -0.493 e. The summed E-state index contributed by atoms with van der Waals surface area (Å²) in [7, 11) is 6.35. The van der Waals surface area contributed by atoms with Gasteiger partial charge >= 0.3 is 18.1 Å². The third-order valence-corrected chi connectivity index (χ3v) is 9.83. The minimum atomic E-state index is -1.67. The summed E-state index contributed by atoms with van der Waals surface area (Å²) in [6.45, 7) is 5.53. The van der Waals surface area contributed by atoms with Crippen molar-refractivity contribution in [1.29, 1.82) is 5.26 Å². The summed E-state index contributed by atoms with van der Waals surface area (Å²) in [6.07, 6.45) is -2.22. The molecule has 3 N–H and O–H groups in total. The summed E-state index contributed by atoms with van der Waals surface area (Å²) < 4.78 is 23.3. The molecule has 2 aliphatic heterocycles. The van der Waals surface area contributed by atoms with Gasteiger partial charge in [0, 0.05) is 71.6 Å². The molecule has 56 heavy (non-hydrogen) atoms. The maximum atomic E-state index is 13.5. The monoisotopic (exact) mass is 778 g/mol. The van der Waals surface area contributed by atoms with Crippen LogP contribution in [0.5, 0.6) is 11.5 Å². The zero-order chi connectivity index (χ0) is 40.7. The van der Waals surface area contributed by atoms with Gasteiger partial charge in [-0.2, -0.15) is 5.26 Å². The molecule has 5 rings (SSSR count). The van der Waals surface area contributed by atoms with Crippen molar-refractivity contribution in [2.45, 2.75) is 56.9 Å². The number of nitriles is 1. The Labute approximate surface area is 322 Å². The Balaban J connectivity index is 1.14. The Morgan fingerprint density at radius 2 is 1.84 bits per heavy atom. The SMILES string of the molecule is C=C([C@@H]1CCCN(C(=O)CC#N)C1)N(C)c1ncnc2c1ccn2C(=O)N(C)CCN(C)C(=O)OCc1ccc(O[C@H]2C[C@@H](O)[C@H](O)[C@@H](C(=O)O)O2)c(OC)c1. The summed E-state index contributed by atoms with van der Waals surface area (Å²) in [6, 6.07) is 7.96. The quantitative estimate of drug-likeness (QED) is 0.225. The molecule has 300 valence electrons. The van der Waals surface area contributed by atoms with Crippen molar-refractivity contribution in [1.82, 2.24) is 29.2 Å². The number of carbonyl (C=O) groups is 4. The van der Waals surface area contributed by atoms with Crippen molar-refractivity contribution in [2.24, 2.45) is 5.92 Å². The Hall–Kier alpha value is -5.97. The van der Waals surface area contributed by atoms with Gasteiger partial charge in [0.1, 0.15) is 31.3 Å². The molecular formula is C37H46N8O11. The number of likely N-dealkylation sites (N-methyl/N-ethyl adjacent to an activating group) is 2. The van der Waals surface area contributed by atoms with E-state index in [9.17, 15) is 34.5 Å². The third-order valence-electron chi connectivity index (χ3n) is 9.83. The minimum absolute atomic E-state index is 0.0323. The number of likely N-dealkylation sites (tertiary alicyclic amines) is 1. The predicted molar refractivity (Wildman–Crippen MR) is 197 cm³/mol. The number of carboxylic acid groups (broad SMARTS) is 1. The molecule has 2 saturated heterocycles. The first-order chi connectivity index (χ1) is 26.7. The molecule has 5 atom stereocenters. The number of ether oxygens (including phenoxy) is 4. The van der Waals surface area contributed by atoms with Crippen LogP contribution in [-0.4, -0.2) is 148 Å². The lowest BCUT2D eigenvalue weighted by Gasteiger charge is -2.36. The normalized spacial score (nSPS) is 20.7. The number of carbonyl (C=O) groups excluding carboxylic acids is 3. The van der Waals surface area contributed by atoms with Gasteiger partial charge in [0.15, 0.2) is 23.3 Å². The molecule has 4 heterocycles. The first-order valence-corrected chi connectivity index (χ1v) is 17.8. The van der Waals surface area contributed by atoms with E-state index < -0.39 is 36.7 Å². The maximum absolute atomic E-state index is 13.5. The third kappa shape index (κ3) is 9.27. The highest BCUT2D eigenvalue weighted by Crippen LogP contribution is 2.33. The summed E-state index contributed by atoms with van der Waals surface area (Å²) >= 11 is 0. The summed E-state index contributed by atoms with van der Waals surface area (Å²) in [5.41, 5.74) is 1.68. The zero-order valence-corrected chi connectivity index (χ0v) is 31.6. The van der Waals surface area contributed by atoms with Gasteiger partial charge in [0.25, 0.3) is 0 Å². The van der Waals surface area contributed by atoms with Gasteiger partial charge in [0.05, 0.1) is 24.7 Å². The number of hydrogen-bond acceptors (Lipinski definition) is 14. The van der Waals surface area contributed by atoms with E-state index in [-0.39, 0.29) is 61.9 Å². The van der Waals surface area contributed by atoms with Crippen LogP contribution in [0.4, 0.5) is 15.4 Å². The van der Waals surface area contributed by atoms with Crippen molar-refractivity contribution in [3.8, 4) is 17.6 Å². The molecule has 3 aromatic rings. The number of carboxylic acids is 1. The van der Waals surface area contributed by atoms with Crippen LogP contribution in [0.3, 0.4) is 0 Å². The Bertz CT molecular complexity index is 1980. The fourth-order valence-corrected chi connectivity index (χ4v) is 6.51. The van der Waals surface area contributed by atoms with E-state index in [0.29, 0.717) is 35.5 Å². The number of benzene rings is 1. The first kappa shape index (κ1) is 41.2. The van der Waals surface area contributed by atoms with Crippen LogP contribution in [0.25, 0.3) is 11.0 Å². The molecule has 19 heteroatoms. The molecule has 19 nitrogen and oxygen atoms in total. The smallest absolute Gasteiger partial charge is 0.409 e. The number of amides is 3. The average Bonchev–Trinajstić information content (AvgIpc) is 3.64. The second kappa shape index (κ2) is 18.1. The largest absolute Gasteiger partial charge is 0.493 e. The number of hydrogen-bond donors (Lipinski definition) is 3. The first-order valence-electron chi connectivity index (χ1n) is 17.8. The summed E-state index contributed by atoms with van der Waals surface area (Å²) in [4.78, 5) is 65.3. The Morgan fingerprint density at radius 3 is 2.55 bits per heavy atom. The fraction of sp³-hybridized carbons (Fsp3) is 0.486. The molecular weight excluding hydrogens is 732 g/mol. The van der Waals surface area contributed by atoms with E-state index in [2.05, 4.69) is 16.5 Å². The molecule has 0 radical (unpaired) electrons. The van der Waals surface area contributed by atoms with E-state index in [4.69, 9.17) is 24.2 Å². The molecule has 1 aromatic carbocycles. The molecule has 2 aromatic heterocycles. The highest BCUT2D eigenvalue weighted by molar-refractivity contribution is 5.95. The second-order valence-corrected chi connectivity index (χ2v) is 13.6. The van der Waals surface area contributed by atoms with Gasteiger partial charge in [-0.3, -0.25) is 9.36 Å². The number of aliphatic hydroxyl groups is 2. The molecule has 0 spiro atoms. The van der Waals surface area contributed by atoms with Crippen molar-refractivity contribution in [3.63, 3.8) is 0 Å². The summed E-state index contributed by atoms with van der Waals surface area (Å²) in [5, 5.41) is 38.8. The number of piperidine rings is 1. The van der Waals surface area contributed by atoms with E-state index in [1.807, 2.05) is 18.0 Å². The van der Waals surface area contributed by atoms with Gasteiger partial charge in [-0.15, -0.1) is 0 Å². The number of aromatic nitrogens is 3. The maximum Gasteiger partial charge on any atom is 0.409 e. The van der Waals surface area contributed by atoms with E-state index in [0.717, 1.165) is 18.5 Å². The topological polar surface area (TPSA) is 233 Å². The van der Waals surface area contributed by atoms with Crippen LogP contribution in [-0.2, 0) is 25.7 Å². The predicted octanol–water partition coefficient (Wildman–Crippen LogP) is 2.01. The molecule has 0 aliphatic carbocycles. The van der Waals surface area contributed by atoms with Crippen molar-refractivity contribution >= 4 is 40.9 Å². The lowest BCUT2D eigenvalue weighted by atomic mass is 9.94. The van der Waals surface area contributed by atoms with Crippen LogP contribution >= 0.6 is 0 Å². The van der Waals surface area contributed by atoms with Crippen molar-refractivity contribution in [3.05, 3.63) is 54.6 Å². The van der Waals surface area contributed by atoms with Crippen molar-refractivity contribution in [2.75, 3.05) is 59.3 Å². The highest BCUT2D eigenvalue weighted by Gasteiger charge is 2.42. The number of fused-ring (bicyclic) bond motifs is 1. The van der Waals surface area contributed by atoms with Crippen LogP contribution in [0, 0.1) is 17.2 Å². The zero-order valence-electron chi connectivity index (χ0n) is 31.6. The molecule has 0 saturated carbocycles. The Kier molecular flexibility index (Phi) is 13.3. The molecule has 2 fully saturated rings. The van der Waals surface area contributed by atoms with E-state index in [1.54, 1.807) is 36.3 Å². The van der Waals surface area contributed by atoms with E-state index >= 15 is 0 Å². The number of methoxy groups -OCH3 is 1. The lowest BCUT2D eigenvalue weighted by molar-refractivity contribution is -0.228.